The fourth-order valence-electron chi connectivity index (χ4n) is 3.47. The summed E-state index contributed by atoms with van der Waals surface area (Å²) in [5, 5.41) is 2.20. The van der Waals surface area contributed by atoms with Crippen LogP contribution in [0.15, 0.2) is 23.6 Å². The Morgan fingerprint density at radius 1 is 1.36 bits per heavy atom. The molecule has 2 aromatic rings. The smallest absolute Gasteiger partial charge is 0.229 e. The Balaban J connectivity index is 1.65. The number of thiazole rings is 1. The molecule has 132 valence electrons. The van der Waals surface area contributed by atoms with Gasteiger partial charge in [0, 0.05) is 23.3 Å². The number of amides is 1. The van der Waals surface area contributed by atoms with Gasteiger partial charge >= 0.3 is 0 Å². The zero-order valence-electron chi connectivity index (χ0n) is 13.3. The Hall–Kier alpha value is -2.00. The van der Waals surface area contributed by atoms with Gasteiger partial charge in [-0.2, -0.15) is 0 Å². The van der Waals surface area contributed by atoms with Crippen molar-refractivity contribution in [3.8, 4) is 17.0 Å². The summed E-state index contributed by atoms with van der Waals surface area (Å²) in [4.78, 5) is 18.2. The molecule has 1 aromatic heterocycles. The van der Waals surface area contributed by atoms with Crippen LogP contribution in [0.3, 0.4) is 0 Å². The molecular weight excluding hydrogens is 367 g/mol. The highest BCUT2D eigenvalue weighted by Gasteiger charge is 2.50. The van der Waals surface area contributed by atoms with E-state index in [0.29, 0.717) is 16.4 Å². The van der Waals surface area contributed by atoms with E-state index in [1.165, 1.54) is 35.5 Å². The van der Waals surface area contributed by atoms with Crippen molar-refractivity contribution >= 4 is 32.2 Å². The number of halogens is 1. The second-order valence-corrected chi connectivity index (χ2v) is 9.23. The fraction of sp³-hybridized carbons (Fsp3) is 0.375. The summed E-state index contributed by atoms with van der Waals surface area (Å²) in [7, 11) is -1.72. The lowest BCUT2D eigenvalue weighted by molar-refractivity contribution is -0.117. The molecule has 0 bridgehead atoms. The molecule has 0 saturated carbocycles. The van der Waals surface area contributed by atoms with E-state index in [0.717, 1.165) is 0 Å². The highest BCUT2D eigenvalue weighted by Crippen LogP contribution is 2.39. The quantitative estimate of drug-likeness (QED) is 0.813. The normalized spacial score (nSPS) is 24.6. The molecule has 25 heavy (non-hydrogen) atoms. The number of aromatic nitrogens is 1. The molecule has 2 atom stereocenters. The van der Waals surface area contributed by atoms with Gasteiger partial charge in [0.25, 0.3) is 0 Å². The number of hydrogen-bond donors (Lipinski definition) is 0. The van der Waals surface area contributed by atoms with E-state index in [1.807, 2.05) is 0 Å². The number of fused-ring (bicyclic) bond motifs is 1. The molecule has 6 nitrogen and oxygen atoms in total. The van der Waals surface area contributed by atoms with E-state index in [1.54, 1.807) is 11.4 Å². The molecule has 2 aliphatic rings. The largest absolute Gasteiger partial charge is 0.494 e. The zero-order valence-corrected chi connectivity index (χ0v) is 14.9. The summed E-state index contributed by atoms with van der Waals surface area (Å²) < 4.78 is 42.5. The first kappa shape index (κ1) is 16.5. The Morgan fingerprint density at radius 2 is 2.16 bits per heavy atom. The van der Waals surface area contributed by atoms with Crippen LogP contribution in [0, 0.1) is 11.7 Å². The van der Waals surface area contributed by atoms with E-state index in [2.05, 4.69) is 4.98 Å². The van der Waals surface area contributed by atoms with Crippen molar-refractivity contribution in [1.29, 1.82) is 0 Å². The van der Waals surface area contributed by atoms with Gasteiger partial charge in [0.05, 0.1) is 30.4 Å². The molecule has 1 amide bonds. The van der Waals surface area contributed by atoms with Crippen LogP contribution in [0.4, 0.5) is 9.52 Å². The summed E-state index contributed by atoms with van der Waals surface area (Å²) in [5.41, 5.74) is 1.11. The van der Waals surface area contributed by atoms with Crippen molar-refractivity contribution in [2.75, 3.05) is 23.5 Å². The lowest BCUT2D eigenvalue weighted by atomic mass is 10.1. The standard InChI is InChI=1S/C16H15FN2O4S2/c1-23-14-3-2-9(4-11(14)17)12-6-24-16(18-12)19-13-8-25(21,22)7-10(13)5-15(19)20/h2-4,6,10,13H,5,7-8H2,1H3/t10-,13-/m1/s1. The topological polar surface area (TPSA) is 76.6 Å². The van der Waals surface area contributed by atoms with E-state index in [4.69, 9.17) is 4.74 Å². The predicted octanol–water partition coefficient (Wildman–Crippen LogP) is 2.11. The summed E-state index contributed by atoms with van der Waals surface area (Å²) in [6.07, 6.45) is 0.232. The van der Waals surface area contributed by atoms with Gasteiger partial charge in [0.1, 0.15) is 0 Å². The first-order valence-corrected chi connectivity index (χ1v) is 10.4. The van der Waals surface area contributed by atoms with E-state index >= 15 is 0 Å². The maximum atomic E-state index is 13.9. The molecule has 0 aliphatic carbocycles. The third-order valence-corrected chi connectivity index (χ3v) is 7.25. The minimum Gasteiger partial charge on any atom is -0.494 e. The molecule has 0 spiro atoms. The third kappa shape index (κ3) is 2.81. The monoisotopic (exact) mass is 382 g/mol. The molecule has 0 N–H and O–H groups in total. The number of benzene rings is 1. The number of anilines is 1. The lowest BCUT2D eigenvalue weighted by Crippen LogP contribution is -2.36. The molecule has 0 unspecified atom stereocenters. The average Bonchev–Trinajstić information content (AvgIpc) is 3.19. The van der Waals surface area contributed by atoms with Gasteiger partial charge in [-0.05, 0) is 18.2 Å². The van der Waals surface area contributed by atoms with Crippen molar-refractivity contribution in [3.05, 3.63) is 29.4 Å². The van der Waals surface area contributed by atoms with Gasteiger partial charge < -0.3 is 4.74 Å². The number of nitrogens with zero attached hydrogens (tertiary/aromatic N) is 2. The zero-order chi connectivity index (χ0) is 17.8. The minimum absolute atomic E-state index is 0.0184. The first-order valence-electron chi connectivity index (χ1n) is 7.70. The molecule has 2 saturated heterocycles. The van der Waals surface area contributed by atoms with Crippen LogP contribution in [0.5, 0.6) is 5.75 Å². The van der Waals surface area contributed by atoms with Crippen LogP contribution in [-0.2, 0) is 14.6 Å². The fourth-order valence-corrected chi connectivity index (χ4v) is 6.45. The average molecular weight is 382 g/mol. The number of carbonyl (C=O) groups is 1. The minimum atomic E-state index is -3.11. The third-order valence-electron chi connectivity index (χ3n) is 4.62. The number of carbonyl (C=O) groups excluding carboxylic acids is 1. The molecular formula is C16H15FN2O4S2. The maximum absolute atomic E-state index is 13.9. The summed E-state index contributed by atoms with van der Waals surface area (Å²) in [6.45, 7) is 0. The molecule has 2 aliphatic heterocycles. The lowest BCUT2D eigenvalue weighted by Gasteiger charge is -2.19. The second-order valence-electron chi connectivity index (χ2n) is 6.24. The van der Waals surface area contributed by atoms with Crippen molar-refractivity contribution in [1.82, 2.24) is 4.98 Å². The van der Waals surface area contributed by atoms with Gasteiger partial charge in [0.2, 0.25) is 5.91 Å². The SMILES string of the molecule is COc1ccc(-c2csc(N3C(=O)C[C@@H]4CS(=O)(=O)C[C@H]43)n2)cc1F. The van der Waals surface area contributed by atoms with Crippen molar-refractivity contribution in [3.63, 3.8) is 0 Å². The van der Waals surface area contributed by atoms with E-state index in [-0.39, 0.29) is 41.5 Å². The van der Waals surface area contributed by atoms with Crippen molar-refractivity contribution in [2.45, 2.75) is 12.5 Å². The van der Waals surface area contributed by atoms with Gasteiger partial charge in [-0.15, -0.1) is 11.3 Å². The van der Waals surface area contributed by atoms with Crippen LogP contribution >= 0.6 is 11.3 Å². The Labute approximate surface area is 148 Å². The highest BCUT2D eigenvalue weighted by molar-refractivity contribution is 7.91. The molecule has 4 rings (SSSR count). The number of rotatable bonds is 3. The van der Waals surface area contributed by atoms with Crippen LogP contribution in [-0.4, -0.2) is 44.0 Å². The molecule has 9 heteroatoms. The number of ether oxygens (including phenoxy) is 1. The predicted molar refractivity (Wildman–Crippen MR) is 92.1 cm³/mol. The Bertz CT molecular complexity index is 957. The van der Waals surface area contributed by atoms with Crippen LogP contribution in [0.25, 0.3) is 11.3 Å². The highest BCUT2D eigenvalue weighted by atomic mass is 32.2. The van der Waals surface area contributed by atoms with E-state index < -0.39 is 15.7 Å². The van der Waals surface area contributed by atoms with Gasteiger partial charge in [0.15, 0.2) is 26.5 Å². The summed E-state index contributed by atoms with van der Waals surface area (Å²) in [6, 6.07) is 4.19. The van der Waals surface area contributed by atoms with Gasteiger partial charge in [-0.3, -0.25) is 9.69 Å². The van der Waals surface area contributed by atoms with Crippen molar-refractivity contribution in [2.24, 2.45) is 5.92 Å². The molecule has 3 heterocycles. The van der Waals surface area contributed by atoms with Crippen LogP contribution in [0.1, 0.15) is 6.42 Å². The van der Waals surface area contributed by atoms with Crippen LogP contribution in [0.2, 0.25) is 0 Å². The molecule has 1 aromatic carbocycles. The molecule has 2 fully saturated rings. The number of methoxy groups -OCH3 is 1. The van der Waals surface area contributed by atoms with E-state index in [9.17, 15) is 17.6 Å². The number of sulfone groups is 1. The second kappa shape index (κ2) is 5.77. The Kier molecular flexibility index (Phi) is 3.80. The first-order chi connectivity index (χ1) is 11.9. The number of hydrogen-bond acceptors (Lipinski definition) is 6. The summed E-state index contributed by atoms with van der Waals surface area (Å²) >= 11 is 1.26. The molecule has 0 radical (unpaired) electrons. The maximum Gasteiger partial charge on any atom is 0.229 e. The summed E-state index contributed by atoms with van der Waals surface area (Å²) in [5.74, 6) is -0.575. The van der Waals surface area contributed by atoms with Gasteiger partial charge in [-0.25, -0.2) is 17.8 Å². The van der Waals surface area contributed by atoms with Crippen molar-refractivity contribution < 1.29 is 22.3 Å². The van der Waals surface area contributed by atoms with Crippen LogP contribution < -0.4 is 9.64 Å². The Morgan fingerprint density at radius 3 is 2.88 bits per heavy atom. The van der Waals surface area contributed by atoms with Gasteiger partial charge in [-0.1, -0.05) is 0 Å².